The lowest BCUT2D eigenvalue weighted by molar-refractivity contribution is -0.121. The lowest BCUT2D eigenvalue weighted by Crippen LogP contribution is -2.27. The molecule has 0 bridgehead atoms. The van der Waals surface area contributed by atoms with Crippen LogP contribution in [0.4, 0.5) is 0 Å². The van der Waals surface area contributed by atoms with Crippen LogP contribution in [0.2, 0.25) is 0 Å². The molecule has 0 spiro atoms. The van der Waals surface area contributed by atoms with E-state index < -0.39 is 0 Å². The highest BCUT2D eigenvalue weighted by atomic mass is 16.5. The Hall–Kier alpha value is -3.86. The third-order valence-corrected chi connectivity index (χ3v) is 5.80. The van der Waals surface area contributed by atoms with Crippen molar-refractivity contribution in [1.29, 1.82) is 0 Å². The maximum Gasteiger partial charge on any atom is 0.220 e. The smallest absolute Gasteiger partial charge is 0.220 e. The molecule has 1 N–H and O–H groups in total. The number of amides is 1. The zero-order valence-electron chi connectivity index (χ0n) is 19.5. The van der Waals surface area contributed by atoms with Gasteiger partial charge in [0.25, 0.3) is 0 Å². The molecule has 0 saturated carbocycles. The standard InChI is InChI=1S/C29H31N3O2/c1-2-10-24-13-6-9-16-27(24)34-22-21-32-26-15-8-7-14-25(26)31-28(32)19-20-30-29(33)18-17-23-11-4-3-5-12-23/h2-9,11-16H,1,10,17-22H2,(H,30,33). The van der Waals surface area contributed by atoms with Crippen molar-refractivity contribution in [3.05, 3.63) is 108 Å². The van der Waals surface area contributed by atoms with Gasteiger partial charge in [0.1, 0.15) is 18.2 Å². The van der Waals surface area contributed by atoms with Crippen LogP contribution in [0.15, 0.2) is 91.5 Å². The Kier molecular flexibility index (Phi) is 8.12. The number of carbonyl (C=O) groups excluding carboxylic acids is 1. The minimum atomic E-state index is 0.0636. The van der Waals surface area contributed by atoms with Crippen molar-refractivity contribution < 1.29 is 9.53 Å². The van der Waals surface area contributed by atoms with Crippen molar-refractivity contribution in [2.45, 2.75) is 32.2 Å². The maximum absolute atomic E-state index is 12.3. The lowest BCUT2D eigenvalue weighted by atomic mass is 10.1. The van der Waals surface area contributed by atoms with Crippen LogP contribution in [-0.2, 0) is 30.6 Å². The van der Waals surface area contributed by atoms with E-state index in [1.54, 1.807) is 0 Å². The van der Waals surface area contributed by atoms with E-state index in [-0.39, 0.29) is 5.91 Å². The van der Waals surface area contributed by atoms with Gasteiger partial charge in [-0.1, -0.05) is 66.7 Å². The number of hydrogen-bond donors (Lipinski definition) is 1. The Bertz CT molecular complexity index is 1230. The van der Waals surface area contributed by atoms with E-state index in [4.69, 9.17) is 9.72 Å². The summed E-state index contributed by atoms with van der Waals surface area (Å²) in [6, 6.07) is 26.3. The van der Waals surface area contributed by atoms with E-state index in [1.165, 1.54) is 5.56 Å². The highest BCUT2D eigenvalue weighted by Gasteiger charge is 2.12. The Labute approximate surface area is 201 Å². The SMILES string of the molecule is C=CCc1ccccc1OCCn1c(CCNC(=O)CCc2ccccc2)nc2ccccc21. The van der Waals surface area contributed by atoms with Crippen molar-refractivity contribution >= 4 is 16.9 Å². The average Bonchev–Trinajstić information content (AvgIpc) is 3.22. The molecule has 0 aliphatic carbocycles. The van der Waals surface area contributed by atoms with Crippen molar-refractivity contribution in [2.75, 3.05) is 13.2 Å². The zero-order valence-corrected chi connectivity index (χ0v) is 19.5. The predicted octanol–water partition coefficient (Wildman–Crippen LogP) is 5.14. The highest BCUT2D eigenvalue weighted by molar-refractivity contribution is 5.77. The van der Waals surface area contributed by atoms with Gasteiger partial charge in [-0.3, -0.25) is 4.79 Å². The topological polar surface area (TPSA) is 56.1 Å². The number of allylic oxidation sites excluding steroid dienone is 1. The van der Waals surface area contributed by atoms with Gasteiger partial charge in [0.05, 0.1) is 17.6 Å². The predicted molar refractivity (Wildman–Crippen MR) is 137 cm³/mol. The van der Waals surface area contributed by atoms with Crippen LogP contribution in [0.3, 0.4) is 0 Å². The lowest BCUT2D eigenvalue weighted by Gasteiger charge is -2.13. The highest BCUT2D eigenvalue weighted by Crippen LogP contribution is 2.20. The van der Waals surface area contributed by atoms with Gasteiger partial charge in [-0.15, -0.1) is 6.58 Å². The molecule has 1 amide bonds. The fraction of sp³-hybridized carbons (Fsp3) is 0.241. The molecule has 0 aliphatic heterocycles. The molecular formula is C29H31N3O2. The summed E-state index contributed by atoms with van der Waals surface area (Å²) in [5.41, 5.74) is 4.34. The normalized spacial score (nSPS) is 10.8. The van der Waals surface area contributed by atoms with E-state index in [0.717, 1.165) is 41.0 Å². The molecule has 5 heteroatoms. The number of nitrogens with one attached hydrogen (secondary N) is 1. The minimum absolute atomic E-state index is 0.0636. The molecule has 4 rings (SSSR count). The maximum atomic E-state index is 12.3. The summed E-state index contributed by atoms with van der Waals surface area (Å²) in [6.07, 6.45) is 4.56. The number of rotatable bonds is 12. The van der Waals surface area contributed by atoms with Crippen LogP contribution in [0.1, 0.15) is 23.4 Å². The molecule has 34 heavy (non-hydrogen) atoms. The second kappa shape index (κ2) is 11.8. The summed E-state index contributed by atoms with van der Waals surface area (Å²) >= 11 is 0. The van der Waals surface area contributed by atoms with Gasteiger partial charge in [-0.05, 0) is 42.2 Å². The Morgan fingerprint density at radius 1 is 0.971 bits per heavy atom. The minimum Gasteiger partial charge on any atom is -0.491 e. The van der Waals surface area contributed by atoms with Gasteiger partial charge in [0.15, 0.2) is 0 Å². The number of aromatic nitrogens is 2. The second-order valence-electron chi connectivity index (χ2n) is 8.20. The van der Waals surface area contributed by atoms with Crippen LogP contribution in [-0.4, -0.2) is 28.6 Å². The molecule has 5 nitrogen and oxygen atoms in total. The van der Waals surface area contributed by atoms with Crippen molar-refractivity contribution in [1.82, 2.24) is 14.9 Å². The molecule has 0 aliphatic rings. The summed E-state index contributed by atoms with van der Waals surface area (Å²) in [5.74, 6) is 1.90. The molecule has 174 valence electrons. The molecular weight excluding hydrogens is 422 g/mol. The first-order chi connectivity index (χ1) is 16.7. The van der Waals surface area contributed by atoms with Gasteiger partial charge in [-0.25, -0.2) is 4.98 Å². The first kappa shape index (κ1) is 23.3. The number of aryl methyl sites for hydroxylation is 1. The van der Waals surface area contributed by atoms with Crippen molar-refractivity contribution in [3.8, 4) is 5.75 Å². The summed E-state index contributed by atoms with van der Waals surface area (Å²) in [5, 5.41) is 3.04. The third kappa shape index (κ3) is 6.13. The van der Waals surface area contributed by atoms with Crippen molar-refractivity contribution in [2.24, 2.45) is 0 Å². The van der Waals surface area contributed by atoms with E-state index in [9.17, 15) is 4.79 Å². The molecule has 0 radical (unpaired) electrons. The first-order valence-corrected chi connectivity index (χ1v) is 11.8. The van der Waals surface area contributed by atoms with Crippen LogP contribution in [0.5, 0.6) is 5.75 Å². The summed E-state index contributed by atoms with van der Waals surface area (Å²) in [7, 11) is 0. The first-order valence-electron chi connectivity index (χ1n) is 11.8. The molecule has 0 atom stereocenters. The molecule has 0 fully saturated rings. The number of imidazole rings is 1. The quantitative estimate of drug-likeness (QED) is 0.302. The fourth-order valence-electron chi connectivity index (χ4n) is 4.09. The summed E-state index contributed by atoms with van der Waals surface area (Å²) < 4.78 is 8.31. The third-order valence-electron chi connectivity index (χ3n) is 5.80. The van der Waals surface area contributed by atoms with Crippen LogP contribution < -0.4 is 10.1 Å². The largest absolute Gasteiger partial charge is 0.491 e. The summed E-state index contributed by atoms with van der Waals surface area (Å²) in [6.45, 7) is 5.60. The number of fused-ring (bicyclic) bond motifs is 1. The van der Waals surface area contributed by atoms with E-state index in [1.807, 2.05) is 72.8 Å². The number of benzene rings is 3. The number of para-hydroxylation sites is 3. The average molecular weight is 454 g/mol. The summed E-state index contributed by atoms with van der Waals surface area (Å²) in [4.78, 5) is 17.1. The van der Waals surface area contributed by atoms with Gasteiger partial charge in [0.2, 0.25) is 5.91 Å². The number of carbonyl (C=O) groups is 1. The van der Waals surface area contributed by atoms with E-state index >= 15 is 0 Å². The molecule has 4 aromatic rings. The molecule has 1 aromatic heterocycles. The fourth-order valence-corrected chi connectivity index (χ4v) is 4.09. The Morgan fingerprint density at radius 2 is 1.74 bits per heavy atom. The van der Waals surface area contributed by atoms with Crippen LogP contribution >= 0.6 is 0 Å². The number of nitrogens with zero attached hydrogens (tertiary/aromatic N) is 2. The van der Waals surface area contributed by atoms with Gasteiger partial charge in [0, 0.05) is 19.4 Å². The molecule has 3 aromatic carbocycles. The molecule has 1 heterocycles. The number of hydrogen-bond acceptors (Lipinski definition) is 3. The van der Waals surface area contributed by atoms with E-state index in [0.29, 0.717) is 32.5 Å². The molecule has 0 unspecified atom stereocenters. The van der Waals surface area contributed by atoms with Gasteiger partial charge in [-0.2, -0.15) is 0 Å². The van der Waals surface area contributed by atoms with E-state index in [2.05, 4.69) is 28.6 Å². The van der Waals surface area contributed by atoms with Crippen LogP contribution in [0, 0.1) is 0 Å². The molecule has 0 saturated heterocycles. The van der Waals surface area contributed by atoms with Crippen molar-refractivity contribution in [3.63, 3.8) is 0 Å². The number of ether oxygens (including phenoxy) is 1. The van der Waals surface area contributed by atoms with Gasteiger partial charge < -0.3 is 14.6 Å². The van der Waals surface area contributed by atoms with Crippen LogP contribution in [0.25, 0.3) is 11.0 Å². The second-order valence-corrected chi connectivity index (χ2v) is 8.20. The zero-order chi connectivity index (χ0) is 23.6. The Balaban J connectivity index is 1.35. The Morgan fingerprint density at radius 3 is 2.59 bits per heavy atom. The monoisotopic (exact) mass is 453 g/mol. The van der Waals surface area contributed by atoms with Gasteiger partial charge >= 0.3 is 0 Å².